The van der Waals surface area contributed by atoms with Gasteiger partial charge >= 0.3 is 6.03 Å². The minimum absolute atomic E-state index is 0.0558. The molecular formula is C22H27N3O2. The number of aryl methyl sites for hydroxylation is 1. The number of urea groups is 1. The van der Waals surface area contributed by atoms with Crippen molar-refractivity contribution >= 4 is 17.6 Å². The maximum absolute atomic E-state index is 12.5. The van der Waals surface area contributed by atoms with Gasteiger partial charge in [-0.05, 0) is 43.4 Å². The fourth-order valence-corrected chi connectivity index (χ4v) is 3.39. The van der Waals surface area contributed by atoms with Crippen LogP contribution in [-0.2, 0) is 11.2 Å². The third-order valence-corrected chi connectivity index (χ3v) is 4.89. The Hall–Kier alpha value is -2.82. The van der Waals surface area contributed by atoms with Crippen LogP contribution in [0.5, 0.6) is 0 Å². The van der Waals surface area contributed by atoms with E-state index in [-0.39, 0.29) is 17.9 Å². The van der Waals surface area contributed by atoms with E-state index in [0.29, 0.717) is 19.6 Å². The zero-order valence-electron chi connectivity index (χ0n) is 15.6. The highest BCUT2D eigenvalue weighted by molar-refractivity contribution is 5.90. The SMILES string of the molecule is O=C(NCCCc1ccccc1)C1CCCN(C(=O)Nc2ccccc2)C1. The number of benzene rings is 2. The van der Waals surface area contributed by atoms with E-state index in [1.807, 2.05) is 48.5 Å². The van der Waals surface area contributed by atoms with Crippen LogP contribution in [0.25, 0.3) is 0 Å². The summed E-state index contributed by atoms with van der Waals surface area (Å²) in [4.78, 5) is 26.6. The Morgan fingerprint density at radius 2 is 1.70 bits per heavy atom. The number of rotatable bonds is 6. The van der Waals surface area contributed by atoms with Gasteiger partial charge in [-0.3, -0.25) is 4.79 Å². The molecule has 0 aromatic heterocycles. The molecule has 2 N–H and O–H groups in total. The van der Waals surface area contributed by atoms with Gasteiger partial charge in [-0.2, -0.15) is 0 Å². The number of carbonyl (C=O) groups excluding carboxylic acids is 2. The second-order valence-corrected chi connectivity index (χ2v) is 6.96. The van der Waals surface area contributed by atoms with Crippen LogP contribution in [0.1, 0.15) is 24.8 Å². The van der Waals surface area contributed by atoms with Crippen molar-refractivity contribution in [3.05, 3.63) is 66.2 Å². The first-order valence-electron chi connectivity index (χ1n) is 9.65. The van der Waals surface area contributed by atoms with E-state index in [1.54, 1.807) is 4.90 Å². The van der Waals surface area contributed by atoms with Crippen LogP contribution in [0.4, 0.5) is 10.5 Å². The summed E-state index contributed by atoms with van der Waals surface area (Å²) in [5.74, 6) is -0.0720. The number of nitrogens with one attached hydrogen (secondary N) is 2. The predicted octanol–water partition coefficient (Wildman–Crippen LogP) is 3.68. The second-order valence-electron chi connectivity index (χ2n) is 6.96. The number of amides is 3. The summed E-state index contributed by atoms with van der Waals surface area (Å²) < 4.78 is 0. The van der Waals surface area contributed by atoms with Crippen molar-refractivity contribution in [2.45, 2.75) is 25.7 Å². The van der Waals surface area contributed by atoms with Crippen LogP contribution >= 0.6 is 0 Å². The van der Waals surface area contributed by atoms with Crippen LogP contribution in [-0.4, -0.2) is 36.5 Å². The lowest BCUT2D eigenvalue weighted by Gasteiger charge is -2.32. The van der Waals surface area contributed by atoms with Crippen LogP contribution in [0, 0.1) is 5.92 Å². The molecule has 1 unspecified atom stereocenters. The lowest BCUT2D eigenvalue weighted by atomic mass is 9.97. The Balaban J connectivity index is 1.41. The summed E-state index contributed by atoms with van der Waals surface area (Å²) in [5.41, 5.74) is 2.06. The zero-order chi connectivity index (χ0) is 18.9. The van der Waals surface area contributed by atoms with Crippen molar-refractivity contribution in [2.24, 2.45) is 5.92 Å². The highest BCUT2D eigenvalue weighted by Gasteiger charge is 2.28. The number of hydrogen-bond acceptors (Lipinski definition) is 2. The first-order valence-corrected chi connectivity index (χ1v) is 9.65. The fraction of sp³-hybridized carbons (Fsp3) is 0.364. The molecule has 1 fully saturated rings. The molecular weight excluding hydrogens is 338 g/mol. The maximum Gasteiger partial charge on any atom is 0.321 e. The van der Waals surface area contributed by atoms with E-state index in [9.17, 15) is 9.59 Å². The zero-order valence-corrected chi connectivity index (χ0v) is 15.6. The summed E-state index contributed by atoms with van der Waals surface area (Å²) in [6.07, 6.45) is 3.56. The minimum atomic E-state index is -0.136. The average Bonchev–Trinajstić information content (AvgIpc) is 2.72. The van der Waals surface area contributed by atoms with Gasteiger partial charge in [-0.1, -0.05) is 48.5 Å². The number of carbonyl (C=O) groups is 2. The van der Waals surface area contributed by atoms with Gasteiger partial charge in [0.2, 0.25) is 5.91 Å². The lowest BCUT2D eigenvalue weighted by Crippen LogP contribution is -2.47. The molecule has 1 atom stereocenters. The van der Waals surface area contributed by atoms with Gasteiger partial charge in [0.15, 0.2) is 0 Å². The van der Waals surface area contributed by atoms with Crippen molar-refractivity contribution in [3.63, 3.8) is 0 Å². The van der Waals surface area contributed by atoms with E-state index >= 15 is 0 Å². The molecule has 27 heavy (non-hydrogen) atoms. The van der Waals surface area contributed by atoms with Crippen LogP contribution in [0.15, 0.2) is 60.7 Å². The van der Waals surface area contributed by atoms with Gasteiger partial charge in [-0.15, -0.1) is 0 Å². The average molecular weight is 365 g/mol. The van der Waals surface area contributed by atoms with Crippen molar-refractivity contribution in [3.8, 4) is 0 Å². The van der Waals surface area contributed by atoms with Crippen molar-refractivity contribution in [1.29, 1.82) is 0 Å². The molecule has 1 heterocycles. The molecule has 1 saturated heterocycles. The van der Waals surface area contributed by atoms with Gasteiger partial charge in [0.05, 0.1) is 5.92 Å². The highest BCUT2D eigenvalue weighted by atomic mass is 16.2. The van der Waals surface area contributed by atoms with Gasteiger partial charge < -0.3 is 15.5 Å². The minimum Gasteiger partial charge on any atom is -0.356 e. The predicted molar refractivity (Wildman–Crippen MR) is 108 cm³/mol. The number of anilines is 1. The third kappa shape index (κ3) is 5.84. The van der Waals surface area contributed by atoms with Gasteiger partial charge in [-0.25, -0.2) is 4.79 Å². The molecule has 3 rings (SSSR count). The normalized spacial score (nSPS) is 16.6. The topological polar surface area (TPSA) is 61.4 Å². The van der Waals surface area contributed by atoms with Gasteiger partial charge in [0.25, 0.3) is 0 Å². The first kappa shape index (κ1) is 19.0. The Morgan fingerprint density at radius 1 is 1.00 bits per heavy atom. The second kappa shape index (κ2) is 9.76. The fourth-order valence-electron chi connectivity index (χ4n) is 3.39. The number of nitrogens with zero attached hydrogens (tertiary/aromatic N) is 1. The molecule has 0 bridgehead atoms. The Morgan fingerprint density at radius 3 is 2.44 bits per heavy atom. The molecule has 0 spiro atoms. The maximum atomic E-state index is 12.5. The summed E-state index contributed by atoms with van der Waals surface area (Å²) >= 11 is 0. The van der Waals surface area contributed by atoms with E-state index in [2.05, 4.69) is 22.8 Å². The number of hydrogen-bond donors (Lipinski definition) is 2. The monoisotopic (exact) mass is 365 g/mol. The summed E-state index contributed by atoms with van der Waals surface area (Å²) in [5, 5.41) is 5.93. The van der Waals surface area contributed by atoms with E-state index < -0.39 is 0 Å². The highest BCUT2D eigenvalue weighted by Crippen LogP contribution is 2.18. The van der Waals surface area contributed by atoms with Gasteiger partial charge in [0, 0.05) is 25.3 Å². The molecule has 2 aromatic carbocycles. The molecule has 2 aromatic rings. The smallest absolute Gasteiger partial charge is 0.321 e. The van der Waals surface area contributed by atoms with Crippen LogP contribution < -0.4 is 10.6 Å². The molecule has 1 aliphatic rings. The quantitative estimate of drug-likeness (QED) is 0.767. The third-order valence-electron chi connectivity index (χ3n) is 4.89. The number of para-hydroxylation sites is 1. The molecule has 5 nitrogen and oxygen atoms in total. The molecule has 0 aliphatic carbocycles. The molecule has 1 aliphatic heterocycles. The van der Waals surface area contributed by atoms with Crippen LogP contribution in [0.2, 0.25) is 0 Å². The molecule has 5 heteroatoms. The molecule has 3 amide bonds. The van der Waals surface area contributed by atoms with Gasteiger partial charge in [0.1, 0.15) is 0 Å². The van der Waals surface area contributed by atoms with Crippen molar-refractivity contribution in [2.75, 3.05) is 25.0 Å². The lowest BCUT2D eigenvalue weighted by molar-refractivity contribution is -0.126. The van der Waals surface area contributed by atoms with Crippen molar-refractivity contribution in [1.82, 2.24) is 10.2 Å². The summed E-state index contributed by atoms with van der Waals surface area (Å²) in [7, 11) is 0. The van der Waals surface area contributed by atoms with E-state index in [1.165, 1.54) is 5.56 Å². The molecule has 0 saturated carbocycles. The summed E-state index contributed by atoms with van der Waals surface area (Å²) in [6, 6.07) is 19.5. The number of piperidine rings is 1. The molecule has 0 radical (unpaired) electrons. The van der Waals surface area contributed by atoms with Crippen molar-refractivity contribution < 1.29 is 9.59 Å². The standard InChI is InChI=1S/C22H27N3O2/c26-21(23-15-7-11-18-9-3-1-4-10-18)19-12-8-16-25(17-19)22(27)24-20-13-5-2-6-14-20/h1-6,9-10,13-14,19H,7-8,11-12,15-17H2,(H,23,26)(H,24,27). The molecule has 142 valence electrons. The Labute approximate surface area is 160 Å². The largest absolute Gasteiger partial charge is 0.356 e. The Kier molecular flexibility index (Phi) is 6.85. The summed E-state index contributed by atoms with van der Waals surface area (Å²) in [6.45, 7) is 1.83. The Bertz CT molecular complexity index is 734. The van der Waals surface area contributed by atoms with E-state index in [0.717, 1.165) is 31.4 Å². The first-order chi connectivity index (χ1) is 13.2. The van der Waals surface area contributed by atoms with Crippen LogP contribution in [0.3, 0.4) is 0 Å². The van der Waals surface area contributed by atoms with E-state index in [4.69, 9.17) is 0 Å². The number of likely N-dealkylation sites (tertiary alicyclic amines) is 1.